The van der Waals surface area contributed by atoms with Gasteiger partial charge < -0.3 is 20.3 Å². The molecule has 0 bridgehead atoms. The highest BCUT2D eigenvalue weighted by Gasteiger charge is 2.26. The number of hydrogen-bond acceptors (Lipinski definition) is 7. The Kier molecular flexibility index (Phi) is 9.91. The van der Waals surface area contributed by atoms with E-state index in [1.54, 1.807) is 0 Å². The van der Waals surface area contributed by atoms with Crippen molar-refractivity contribution in [3.8, 4) is 0 Å². The van der Waals surface area contributed by atoms with Crippen LogP contribution >= 0.6 is 0 Å². The Labute approximate surface area is 151 Å². The minimum Gasteiger partial charge on any atom is -0.473 e. The number of hydrogen-bond donors (Lipinski definition) is 4. The van der Waals surface area contributed by atoms with Gasteiger partial charge in [0.1, 0.15) is 6.04 Å². The van der Waals surface area contributed by atoms with Crippen molar-refractivity contribution in [2.24, 2.45) is 0 Å². The van der Waals surface area contributed by atoms with Crippen LogP contribution < -0.4 is 10.8 Å². The molecule has 2 rings (SSSR count). The second-order valence-corrected chi connectivity index (χ2v) is 5.49. The van der Waals surface area contributed by atoms with Crippen LogP contribution in [0.15, 0.2) is 30.3 Å². The minimum absolute atomic E-state index is 0.156. The first-order chi connectivity index (χ1) is 12.4. The van der Waals surface area contributed by atoms with Gasteiger partial charge in [-0.25, -0.2) is 9.59 Å². The second-order valence-electron chi connectivity index (χ2n) is 5.49. The molecule has 0 radical (unpaired) electrons. The summed E-state index contributed by atoms with van der Waals surface area (Å²) in [6, 6.07) is 10.1. The van der Waals surface area contributed by atoms with Crippen molar-refractivity contribution in [3.63, 3.8) is 0 Å². The predicted molar refractivity (Wildman–Crippen MR) is 91.1 cm³/mol. The molecule has 26 heavy (non-hydrogen) atoms. The number of carboxylic acid groups (broad SMARTS) is 2. The highest BCUT2D eigenvalue weighted by atomic mass is 16.6. The molecular weight excluding hydrogens is 344 g/mol. The summed E-state index contributed by atoms with van der Waals surface area (Å²) in [6.45, 7) is 3.50. The summed E-state index contributed by atoms with van der Waals surface area (Å²) in [5.74, 6) is -3.80. The molecule has 2 unspecified atom stereocenters. The van der Waals surface area contributed by atoms with Crippen molar-refractivity contribution in [1.29, 1.82) is 0 Å². The van der Waals surface area contributed by atoms with Crippen molar-refractivity contribution in [3.05, 3.63) is 35.9 Å². The molecule has 4 N–H and O–H groups in total. The highest BCUT2D eigenvalue weighted by Crippen LogP contribution is 2.10. The van der Waals surface area contributed by atoms with Crippen molar-refractivity contribution in [2.75, 3.05) is 13.2 Å². The first kappa shape index (κ1) is 21.6. The topological polar surface area (TPSA) is 134 Å². The number of carbonyl (C=O) groups excluding carboxylic acids is 1. The number of rotatable bonds is 6. The monoisotopic (exact) mass is 368 g/mol. The molecule has 1 fully saturated rings. The van der Waals surface area contributed by atoms with Gasteiger partial charge in [0.15, 0.2) is 0 Å². The minimum atomic E-state index is -1.82. The zero-order valence-electron chi connectivity index (χ0n) is 14.5. The number of carbonyl (C=O) groups is 3. The van der Waals surface area contributed by atoms with E-state index in [1.807, 2.05) is 37.3 Å². The molecule has 1 aromatic rings. The van der Waals surface area contributed by atoms with Crippen LogP contribution in [-0.4, -0.2) is 53.4 Å². The predicted octanol–water partition coefficient (Wildman–Crippen LogP) is 0.547. The third-order valence-electron chi connectivity index (χ3n) is 3.50. The van der Waals surface area contributed by atoms with Gasteiger partial charge in [0.05, 0.1) is 13.2 Å². The van der Waals surface area contributed by atoms with Crippen molar-refractivity contribution in [2.45, 2.75) is 38.5 Å². The fourth-order valence-electron chi connectivity index (χ4n) is 2.22. The van der Waals surface area contributed by atoms with Gasteiger partial charge in [-0.2, -0.15) is 5.48 Å². The summed E-state index contributed by atoms with van der Waals surface area (Å²) in [6.07, 6.45) is 1.66. The lowest BCUT2D eigenvalue weighted by molar-refractivity contribution is -0.159. The molecule has 1 aliphatic rings. The largest absolute Gasteiger partial charge is 0.473 e. The number of benzene rings is 1. The molecule has 144 valence electrons. The number of carboxylic acids is 2. The zero-order valence-corrected chi connectivity index (χ0v) is 14.5. The van der Waals surface area contributed by atoms with Crippen LogP contribution in [-0.2, 0) is 30.6 Å². The molecule has 1 aromatic carbocycles. The van der Waals surface area contributed by atoms with E-state index in [1.165, 1.54) is 0 Å². The average Bonchev–Trinajstić information content (AvgIpc) is 2.64. The normalized spacial score (nSPS) is 19.0. The lowest BCUT2D eigenvalue weighted by Gasteiger charge is -2.28. The summed E-state index contributed by atoms with van der Waals surface area (Å²) in [7, 11) is 0. The second kappa shape index (κ2) is 12.0. The zero-order chi connectivity index (χ0) is 19.4. The van der Waals surface area contributed by atoms with Crippen LogP contribution in [0.2, 0.25) is 0 Å². The third-order valence-corrected chi connectivity index (χ3v) is 3.50. The lowest BCUT2D eigenvalue weighted by Crippen LogP contribution is -2.51. The van der Waals surface area contributed by atoms with E-state index < -0.39 is 11.9 Å². The Bertz CT molecular complexity index is 560. The molecule has 1 aliphatic heterocycles. The van der Waals surface area contributed by atoms with Gasteiger partial charge in [0.25, 0.3) is 0 Å². The Hall–Kier alpha value is -2.49. The Morgan fingerprint density at radius 2 is 1.81 bits per heavy atom. The van der Waals surface area contributed by atoms with Gasteiger partial charge in [-0.1, -0.05) is 30.3 Å². The van der Waals surface area contributed by atoms with Crippen LogP contribution in [0, 0.1) is 0 Å². The smallest absolute Gasteiger partial charge is 0.414 e. The summed E-state index contributed by atoms with van der Waals surface area (Å²) >= 11 is 0. The first-order valence-electron chi connectivity index (χ1n) is 8.21. The summed E-state index contributed by atoms with van der Waals surface area (Å²) in [5, 5.41) is 18.0. The molecule has 0 saturated carbocycles. The number of ether oxygens (including phenoxy) is 1. The van der Waals surface area contributed by atoms with Crippen LogP contribution in [0.3, 0.4) is 0 Å². The van der Waals surface area contributed by atoms with E-state index in [0.717, 1.165) is 18.4 Å². The van der Waals surface area contributed by atoms with Gasteiger partial charge in [0, 0.05) is 12.6 Å². The number of aliphatic carboxylic acids is 2. The van der Waals surface area contributed by atoms with Gasteiger partial charge >= 0.3 is 17.9 Å². The number of piperidine rings is 1. The van der Waals surface area contributed by atoms with Crippen LogP contribution in [0.1, 0.15) is 25.3 Å². The van der Waals surface area contributed by atoms with Crippen LogP contribution in [0.5, 0.6) is 0 Å². The van der Waals surface area contributed by atoms with E-state index in [0.29, 0.717) is 19.8 Å². The van der Waals surface area contributed by atoms with E-state index in [2.05, 4.69) is 10.8 Å². The maximum absolute atomic E-state index is 11.6. The SMILES string of the molecule is CCOC(=O)C1CCC(NOCc2ccccc2)CN1.O=C(O)C(=O)O. The standard InChI is InChI=1S/C15H22N2O3.C2H2O4/c1-2-19-15(18)14-9-8-13(10-16-14)17-20-11-12-6-4-3-5-7-12;3-1(4)2(5)6/h3-7,13-14,16-17H,2,8-11H2,1H3;(H,3,4)(H,5,6). The molecule has 1 heterocycles. The van der Waals surface area contributed by atoms with E-state index in [-0.39, 0.29) is 18.1 Å². The Morgan fingerprint density at radius 1 is 1.15 bits per heavy atom. The van der Waals surface area contributed by atoms with Crippen LogP contribution in [0.25, 0.3) is 0 Å². The quantitative estimate of drug-likeness (QED) is 0.322. The van der Waals surface area contributed by atoms with E-state index in [9.17, 15) is 4.79 Å². The Morgan fingerprint density at radius 3 is 2.31 bits per heavy atom. The fraction of sp³-hybridized carbons (Fsp3) is 0.471. The molecule has 0 aliphatic carbocycles. The van der Waals surface area contributed by atoms with Crippen molar-refractivity contribution >= 4 is 17.9 Å². The van der Waals surface area contributed by atoms with Gasteiger partial charge in [-0.05, 0) is 25.3 Å². The van der Waals surface area contributed by atoms with Gasteiger partial charge in [0.2, 0.25) is 0 Å². The molecule has 2 atom stereocenters. The van der Waals surface area contributed by atoms with Gasteiger partial charge in [-0.15, -0.1) is 0 Å². The number of nitrogens with one attached hydrogen (secondary N) is 2. The third kappa shape index (κ3) is 8.56. The molecular formula is C17H24N2O7. The molecule has 9 nitrogen and oxygen atoms in total. The summed E-state index contributed by atoms with van der Waals surface area (Å²) in [5.41, 5.74) is 4.18. The highest BCUT2D eigenvalue weighted by molar-refractivity contribution is 6.27. The summed E-state index contributed by atoms with van der Waals surface area (Å²) < 4.78 is 5.00. The Balaban J connectivity index is 0.000000487. The first-order valence-corrected chi connectivity index (χ1v) is 8.21. The maximum Gasteiger partial charge on any atom is 0.414 e. The number of hydroxylamine groups is 1. The fourth-order valence-corrected chi connectivity index (χ4v) is 2.22. The van der Waals surface area contributed by atoms with Crippen molar-refractivity contribution in [1.82, 2.24) is 10.8 Å². The molecule has 0 spiro atoms. The molecule has 1 saturated heterocycles. The molecule has 9 heteroatoms. The lowest BCUT2D eigenvalue weighted by atomic mass is 10.0. The summed E-state index contributed by atoms with van der Waals surface area (Å²) in [4.78, 5) is 35.3. The van der Waals surface area contributed by atoms with Crippen molar-refractivity contribution < 1.29 is 34.2 Å². The van der Waals surface area contributed by atoms with Gasteiger partial charge in [-0.3, -0.25) is 9.63 Å². The average molecular weight is 368 g/mol. The molecule has 0 aromatic heterocycles. The number of esters is 1. The van der Waals surface area contributed by atoms with Crippen LogP contribution in [0.4, 0.5) is 0 Å². The van der Waals surface area contributed by atoms with E-state index in [4.69, 9.17) is 29.4 Å². The maximum atomic E-state index is 11.6. The molecule has 0 amide bonds. The van der Waals surface area contributed by atoms with E-state index >= 15 is 0 Å².